The molecular formula is C26H21ClF4N4O3. The maximum atomic E-state index is 14.5. The fraction of sp³-hybridized carbons (Fsp3) is 0.346. The van der Waals surface area contributed by atoms with E-state index < -0.39 is 35.1 Å². The Bertz CT molecular complexity index is 1460. The number of nitriles is 1. The lowest BCUT2D eigenvalue weighted by atomic mass is 10.0. The molecule has 3 aliphatic rings. The number of nitrogens with one attached hydrogen (secondary N) is 1. The number of allylic oxidation sites excluding steroid dienone is 4. The first kappa shape index (κ1) is 26.2. The molecule has 1 aromatic heterocycles. The number of benzene rings is 1. The highest BCUT2D eigenvalue weighted by Gasteiger charge is 2.38. The number of amides is 1. The summed E-state index contributed by atoms with van der Waals surface area (Å²) in [6, 6.07) is 4.69. The summed E-state index contributed by atoms with van der Waals surface area (Å²) in [4.78, 5) is 31.4. The Kier molecular flexibility index (Phi) is 6.90. The molecule has 1 N–H and O–H groups in total. The van der Waals surface area contributed by atoms with Crippen LogP contribution in [0.5, 0.6) is 0 Å². The molecule has 38 heavy (non-hydrogen) atoms. The van der Waals surface area contributed by atoms with Gasteiger partial charge in [0.05, 0.1) is 29.3 Å². The molecule has 7 nitrogen and oxygen atoms in total. The number of H-pyrrole nitrogens is 1. The normalized spacial score (nSPS) is 21.9. The van der Waals surface area contributed by atoms with Crippen molar-refractivity contribution in [2.75, 3.05) is 32.8 Å². The zero-order valence-electron chi connectivity index (χ0n) is 19.8. The van der Waals surface area contributed by atoms with E-state index in [0.29, 0.717) is 42.3 Å². The number of aromatic nitrogens is 1. The Morgan fingerprint density at radius 2 is 2.00 bits per heavy atom. The number of halogens is 5. The van der Waals surface area contributed by atoms with Crippen LogP contribution in [0.25, 0.3) is 5.57 Å². The van der Waals surface area contributed by atoms with Crippen molar-refractivity contribution in [3.05, 3.63) is 85.6 Å². The van der Waals surface area contributed by atoms with Gasteiger partial charge in [-0.25, -0.2) is 4.39 Å². The quantitative estimate of drug-likeness (QED) is 0.577. The van der Waals surface area contributed by atoms with Crippen molar-refractivity contribution in [2.45, 2.75) is 24.7 Å². The first-order valence-corrected chi connectivity index (χ1v) is 12.2. The fourth-order valence-electron chi connectivity index (χ4n) is 4.97. The van der Waals surface area contributed by atoms with Gasteiger partial charge in [0.2, 0.25) is 0 Å². The van der Waals surface area contributed by atoms with Crippen LogP contribution in [0, 0.1) is 17.1 Å². The monoisotopic (exact) mass is 548 g/mol. The van der Waals surface area contributed by atoms with E-state index in [1.165, 1.54) is 6.07 Å². The average molecular weight is 549 g/mol. The van der Waals surface area contributed by atoms with Crippen molar-refractivity contribution >= 4 is 23.1 Å². The van der Waals surface area contributed by atoms with Gasteiger partial charge in [-0.05, 0) is 23.8 Å². The number of pyridine rings is 1. The van der Waals surface area contributed by atoms with Gasteiger partial charge in [0, 0.05) is 61.6 Å². The van der Waals surface area contributed by atoms with Crippen LogP contribution < -0.4 is 5.43 Å². The largest absolute Gasteiger partial charge is 0.431 e. The SMILES string of the molecule is N#CC1=CC(c2cc(F)cc(C(=O)N3CCN4C[C@H](c5c[nH]c(C(F)(F)F)cc5=O)OC[C@@H]4C3)c2Cl)=CC1. The highest BCUT2D eigenvalue weighted by Crippen LogP contribution is 2.35. The maximum Gasteiger partial charge on any atom is 0.431 e. The molecule has 198 valence electrons. The molecule has 0 unspecified atom stereocenters. The number of hydrogen-bond acceptors (Lipinski definition) is 5. The number of rotatable bonds is 3. The predicted octanol–water partition coefficient (Wildman–Crippen LogP) is 4.32. The summed E-state index contributed by atoms with van der Waals surface area (Å²) in [5.41, 5.74) is -0.349. The summed E-state index contributed by atoms with van der Waals surface area (Å²) in [6.45, 7) is 1.40. The second-order valence-electron chi connectivity index (χ2n) is 9.35. The molecule has 1 aliphatic carbocycles. The Labute approximate surface area is 219 Å². The lowest BCUT2D eigenvalue weighted by molar-refractivity contribution is -0.141. The lowest BCUT2D eigenvalue weighted by Crippen LogP contribution is -2.59. The number of ether oxygens (including phenoxy) is 1. The van der Waals surface area contributed by atoms with Gasteiger partial charge in [-0.15, -0.1) is 0 Å². The topological polar surface area (TPSA) is 89.4 Å². The van der Waals surface area contributed by atoms with E-state index in [1.54, 1.807) is 17.1 Å². The molecule has 3 heterocycles. The Balaban J connectivity index is 1.29. The van der Waals surface area contributed by atoms with Crippen LogP contribution in [-0.2, 0) is 10.9 Å². The van der Waals surface area contributed by atoms with Gasteiger partial charge in [0.25, 0.3) is 5.91 Å². The number of alkyl halides is 3. The predicted molar refractivity (Wildman–Crippen MR) is 130 cm³/mol. The number of carbonyl (C=O) groups is 1. The number of piperazine rings is 1. The molecule has 1 aromatic carbocycles. The van der Waals surface area contributed by atoms with E-state index in [-0.39, 0.29) is 41.9 Å². The minimum absolute atomic E-state index is 0.0146. The van der Waals surface area contributed by atoms with E-state index in [0.717, 1.165) is 12.3 Å². The third kappa shape index (κ3) is 4.99. The molecule has 2 atom stereocenters. The number of nitrogens with zero attached hydrogens (tertiary/aromatic N) is 3. The van der Waals surface area contributed by atoms with Crippen molar-refractivity contribution in [1.29, 1.82) is 5.26 Å². The minimum Gasteiger partial charge on any atom is -0.370 e. The van der Waals surface area contributed by atoms with E-state index in [1.807, 2.05) is 4.90 Å². The van der Waals surface area contributed by atoms with E-state index in [2.05, 4.69) is 11.1 Å². The van der Waals surface area contributed by atoms with Crippen molar-refractivity contribution in [1.82, 2.24) is 14.8 Å². The average Bonchev–Trinajstić information content (AvgIpc) is 3.37. The number of morpholine rings is 1. The molecule has 2 saturated heterocycles. The summed E-state index contributed by atoms with van der Waals surface area (Å²) in [5.74, 6) is -1.07. The van der Waals surface area contributed by atoms with E-state index >= 15 is 0 Å². The fourth-order valence-corrected chi connectivity index (χ4v) is 5.27. The zero-order valence-corrected chi connectivity index (χ0v) is 20.6. The molecule has 0 saturated carbocycles. The Morgan fingerprint density at radius 1 is 1.21 bits per heavy atom. The van der Waals surface area contributed by atoms with Crippen LogP contribution in [0.3, 0.4) is 0 Å². The second kappa shape index (κ2) is 10.0. The maximum absolute atomic E-state index is 14.5. The molecule has 0 radical (unpaired) electrons. The van der Waals surface area contributed by atoms with Crippen molar-refractivity contribution in [2.24, 2.45) is 0 Å². The van der Waals surface area contributed by atoms with Gasteiger partial charge >= 0.3 is 6.18 Å². The molecule has 0 spiro atoms. The molecule has 1 amide bonds. The molecular weight excluding hydrogens is 528 g/mol. The Morgan fingerprint density at radius 3 is 2.68 bits per heavy atom. The molecule has 0 bridgehead atoms. The number of hydrogen-bond donors (Lipinski definition) is 1. The molecule has 2 aliphatic heterocycles. The molecule has 12 heteroatoms. The van der Waals surface area contributed by atoms with Crippen LogP contribution in [-0.4, -0.2) is 59.5 Å². The highest BCUT2D eigenvalue weighted by atomic mass is 35.5. The summed E-state index contributed by atoms with van der Waals surface area (Å²) in [5, 5.41) is 9.20. The number of carbonyl (C=O) groups excluding carboxylic acids is 1. The summed E-state index contributed by atoms with van der Waals surface area (Å²) in [7, 11) is 0. The summed E-state index contributed by atoms with van der Waals surface area (Å²) < 4.78 is 59.0. The molecule has 2 fully saturated rings. The van der Waals surface area contributed by atoms with Gasteiger partial charge < -0.3 is 14.6 Å². The van der Waals surface area contributed by atoms with E-state index in [9.17, 15) is 27.2 Å². The summed E-state index contributed by atoms with van der Waals surface area (Å²) >= 11 is 6.54. The van der Waals surface area contributed by atoms with Gasteiger partial charge in [-0.3, -0.25) is 14.5 Å². The number of fused-ring (bicyclic) bond motifs is 1. The van der Waals surface area contributed by atoms with Crippen molar-refractivity contribution in [3.63, 3.8) is 0 Å². The minimum atomic E-state index is -4.66. The van der Waals surface area contributed by atoms with Crippen LogP contribution >= 0.6 is 11.6 Å². The first-order chi connectivity index (χ1) is 18.0. The smallest absolute Gasteiger partial charge is 0.370 e. The number of aromatic amines is 1. The Hall–Kier alpha value is -3.46. The van der Waals surface area contributed by atoms with Gasteiger partial charge in [-0.2, -0.15) is 18.4 Å². The standard InChI is InChI=1S/C26H21ClF4N4O3/c27-24-18(15-2-1-14(5-15)9-32)6-16(28)7-19(24)25(37)35-4-3-34-12-22(38-13-17(34)11-35)20-10-33-23(8-21(20)36)26(29,30)31/h2,5-8,10,17,22H,1,3-4,11-13H2,(H,33,36)/t17-,22+/m0/s1. The third-order valence-electron chi connectivity index (χ3n) is 6.97. The van der Waals surface area contributed by atoms with Crippen molar-refractivity contribution < 1.29 is 27.1 Å². The van der Waals surface area contributed by atoms with Gasteiger partial charge in [0.1, 0.15) is 17.6 Å². The van der Waals surface area contributed by atoms with Gasteiger partial charge in [0.15, 0.2) is 5.43 Å². The zero-order chi connectivity index (χ0) is 27.2. The lowest BCUT2D eigenvalue weighted by Gasteiger charge is -2.46. The van der Waals surface area contributed by atoms with Crippen LogP contribution in [0.15, 0.2) is 46.9 Å². The summed E-state index contributed by atoms with van der Waals surface area (Å²) in [6.07, 6.45) is -0.561. The molecule has 2 aromatic rings. The van der Waals surface area contributed by atoms with Crippen LogP contribution in [0.2, 0.25) is 5.02 Å². The van der Waals surface area contributed by atoms with Crippen LogP contribution in [0.1, 0.15) is 39.7 Å². The highest BCUT2D eigenvalue weighted by molar-refractivity contribution is 6.35. The van der Waals surface area contributed by atoms with Crippen molar-refractivity contribution in [3.8, 4) is 6.07 Å². The van der Waals surface area contributed by atoms with Gasteiger partial charge in [-0.1, -0.05) is 17.7 Å². The first-order valence-electron chi connectivity index (χ1n) is 11.8. The third-order valence-corrected chi connectivity index (χ3v) is 7.38. The van der Waals surface area contributed by atoms with Crippen LogP contribution in [0.4, 0.5) is 17.6 Å². The molecule has 5 rings (SSSR count). The second-order valence-corrected chi connectivity index (χ2v) is 9.72. The van der Waals surface area contributed by atoms with E-state index in [4.69, 9.17) is 21.6 Å².